The molecule has 2 aliphatic rings. The van der Waals surface area contributed by atoms with Crippen molar-refractivity contribution < 1.29 is 22.6 Å². The molecule has 2 aliphatic heterocycles. The van der Waals surface area contributed by atoms with Crippen molar-refractivity contribution in [1.82, 2.24) is 5.32 Å². The number of fused-ring (bicyclic) bond motifs is 3. The van der Waals surface area contributed by atoms with E-state index in [2.05, 4.69) is 10.1 Å². The summed E-state index contributed by atoms with van der Waals surface area (Å²) in [5.41, 5.74) is 0.679. The molecule has 1 unspecified atom stereocenters. The summed E-state index contributed by atoms with van der Waals surface area (Å²) in [6, 6.07) is 2.37. The molecule has 6 heteroatoms. The molecule has 1 fully saturated rings. The van der Waals surface area contributed by atoms with Gasteiger partial charge in [0.15, 0.2) is 11.6 Å². The number of hydrogen-bond acceptors (Lipinski definition) is 3. The van der Waals surface area contributed by atoms with Crippen LogP contribution in [0, 0.1) is 5.82 Å². The lowest BCUT2D eigenvalue weighted by Gasteiger charge is -2.25. The van der Waals surface area contributed by atoms with Gasteiger partial charge in [0.25, 0.3) is 0 Å². The van der Waals surface area contributed by atoms with Gasteiger partial charge in [-0.1, -0.05) is 0 Å². The summed E-state index contributed by atoms with van der Waals surface area (Å²) in [7, 11) is 0. The molecule has 2 heterocycles. The van der Waals surface area contributed by atoms with Crippen molar-refractivity contribution in [2.24, 2.45) is 0 Å². The molecule has 0 amide bonds. The molecule has 0 saturated carbocycles. The van der Waals surface area contributed by atoms with Crippen molar-refractivity contribution in [2.75, 3.05) is 6.54 Å². The predicted octanol–water partition coefficient (Wildman–Crippen LogP) is 2.61. The minimum Gasteiger partial charge on any atom is -0.488 e. The lowest BCUT2D eigenvalue weighted by Crippen LogP contribution is -2.36. The number of piperidine rings is 1. The van der Waals surface area contributed by atoms with Crippen LogP contribution in [0.1, 0.15) is 24.4 Å². The number of hydrogen-bond donors (Lipinski definition) is 1. The summed E-state index contributed by atoms with van der Waals surface area (Å²) < 4.78 is 47.6. The average Bonchev–Trinajstić information content (AvgIpc) is 2.67. The molecule has 2 atom stereocenters. The van der Waals surface area contributed by atoms with Gasteiger partial charge in [0, 0.05) is 11.6 Å². The molecule has 1 saturated heterocycles. The van der Waals surface area contributed by atoms with E-state index in [1.165, 1.54) is 12.1 Å². The van der Waals surface area contributed by atoms with Crippen LogP contribution in [0.25, 0.3) is 0 Å². The summed E-state index contributed by atoms with van der Waals surface area (Å²) in [4.78, 5) is 0. The second-order valence-electron chi connectivity index (χ2n) is 4.43. The van der Waals surface area contributed by atoms with Gasteiger partial charge in [-0.3, -0.25) is 0 Å². The second kappa shape index (κ2) is 4.35. The number of ether oxygens (including phenoxy) is 2. The largest absolute Gasteiger partial charge is 0.488 e. The van der Waals surface area contributed by atoms with E-state index in [0.717, 1.165) is 19.4 Å². The molecule has 1 N–H and O–H groups in total. The monoisotopic (exact) mass is 259 g/mol. The van der Waals surface area contributed by atoms with Crippen LogP contribution in [-0.2, 0) is 0 Å². The van der Waals surface area contributed by atoms with E-state index >= 15 is 0 Å². The van der Waals surface area contributed by atoms with E-state index < -0.39 is 18.2 Å². The van der Waals surface area contributed by atoms with Gasteiger partial charge in [-0.25, -0.2) is 4.39 Å². The van der Waals surface area contributed by atoms with Crippen LogP contribution in [-0.4, -0.2) is 19.3 Å². The Bertz CT molecular complexity index is 467. The Morgan fingerprint density at radius 2 is 2.22 bits per heavy atom. The molecule has 0 radical (unpaired) electrons. The quantitative estimate of drug-likeness (QED) is 0.885. The van der Waals surface area contributed by atoms with Crippen LogP contribution >= 0.6 is 0 Å². The second-order valence-corrected chi connectivity index (χ2v) is 4.43. The van der Waals surface area contributed by atoms with E-state index in [0.29, 0.717) is 11.3 Å². The van der Waals surface area contributed by atoms with Gasteiger partial charge >= 0.3 is 6.61 Å². The molecule has 0 aromatic heterocycles. The Hall–Kier alpha value is -1.43. The zero-order valence-corrected chi connectivity index (χ0v) is 9.46. The van der Waals surface area contributed by atoms with Crippen LogP contribution in [0.15, 0.2) is 12.1 Å². The van der Waals surface area contributed by atoms with Crippen molar-refractivity contribution in [3.05, 3.63) is 23.5 Å². The van der Waals surface area contributed by atoms with E-state index in [1.807, 2.05) is 0 Å². The Morgan fingerprint density at radius 3 is 3.00 bits per heavy atom. The lowest BCUT2D eigenvalue weighted by molar-refractivity contribution is -0.0522. The van der Waals surface area contributed by atoms with E-state index in [9.17, 15) is 13.2 Å². The van der Waals surface area contributed by atoms with Crippen molar-refractivity contribution in [3.63, 3.8) is 0 Å². The fraction of sp³-hybridized carbons (Fsp3) is 0.500. The minimum atomic E-state index is -3.04. The third kappa shape index (κ3) is 1.90. The van der Waals surface area contributed by atoms with Crippen LogP contribution in [0.4, 0.5) is 13.2 Å². The first kappa shape index (κ1) is 11.6. The highest BCUT2D eigenvalue weighted by atomic mass is 19.3. The Labute approximate surface area is 102 Å². The maximum absolute atomic E-state index is 13.6. The van der Waals surface area contributed by atoms with Crippen LogP contribution in [0.2, 0.25) is 0 Å². The van der Waals surface area contributed by atoms with Gasteiger partial charge in [-0.15, -0.1) is 0 Å². The van der Waals surface area contributed by atoms with Gasteiger partial charge in [-0.05, 0) is 25.5 Å². The Morgan fingerprint density at radius 1 is 1.39 bits per heavy atom. The molecule has 3 rings (SSSR count). The molecule has 18 heavy (non-hydrogen) atoms. The normalized spacial score (nSPS) is 25.6. The first-order valence-corrected chi connectivity index (χ1v) is 5.83. The predicted molar refractivity (Wildman–Crippen MR) is 57.4 cm³/mol. The Balaban J connectivity index is 1.93. The number of benzene rings is 1. The smallest absolute Gasteiger partial charge is 0.387 e. The van der Waals surface area contributed by atoms with E-state index in [-0.39, 0.29) is 12.1 Å². The van der Waals surface area contributed by atoms with E-state index in [1.54, 1.807) is 0 Å². The van der Waals surface area contributed by atoms with Crippen LogP contribution < -0.4 is 14.8 Å². The highest BCUT2D eigenvalue weighted by Crippen LogP contribution is 2.43. The first-order valence-electron chi connectivity index (χ1n) is 5.83. The first-order chi connectivity index (χ1) is 8.65. The summed E-state index contributed by atoms with van der Waals surface area (Å²) >= 11 is 0. The maximum Gasteiger partial charge on any atom is 0.387 e. The van der Waals surface area contributed by atoms with Gasteiger partial charge in [0.05, 0.1) is 6.04 Å². The van der Waals surface area contributed by atoms with Crippen LogP contribution in [0.3, 0.4) is 0 Å². The molecule has 1 aromatic carbocycles. The zero-order valence-electron chi connectivity index (χ0n) is 9.46. The average molecular weight is 259 g/mol. The molecule has 1 aromatic rings. The van der Waals surface area contributed by atoms with Crippen molar-refractivity contribution in [3.8, 4) is 11.5 Å². The van der Waals surface area contributed by atoms with E-state index in [4.69, 9.17) is 4.74 Å². The summed E-state index contributed by atoms with van der Waals surface area (Å²) in [6.45, 7) is -2.19. The molecule has 0 spiro atoms. The standard InChI is InChI=1S/C12H12F3NO2/c13-7-4-6-9(5-10(7)18-12(14)15)17-8-2-1-3-16-11(6)8/h4-5,8,11-12,16H,1-3H2/t8?,11-/m0/s1. The number of alkyl halides is 2. The van der Waals surface area contributed by atoms with Crippen molar-refractivity contribution >= 4 is 0 Å². The van der Waals surface area contributed by atoms with Gasteiger partial charge in [0.1, 0.15) is 11.9 Å². The van der Waals surface area contributed by atoms with Crippen molar-refractivity contribution in [2.45, 2.75) is 31.6 Å². The lowest BCUT2D eigenvalue weighted by atomic mass is 9.97. The zero-order chi connectivity index (χ0) is 12.7. The molecular weight excluding hydrogens is 247 g/mol. The molecule has 0 bridgehead atoms. The summed E-state index contributed by atoms with van der Waals surface area (Å²) in [5.74, 6) is -0.829. The highest BCUT2D eigenvalue weighted by Gasteiger charge is 2.37. The topological polar surface area (TPSA) is 30.5 Å². The van der Waals surface area contributed by atoms with Gasteiger partial charge in [0.2, 0.25) is 0 Å². The molecule has 98 valence electrons. The Kier molecular flexibility index (Phi) is 2.81. The third-order valence-electron chi connectivity index (χ3n) is 3.30. The number of halogens is 3. The minimum absolute atomic E-state index is 0.0463. The fourth-order valence-corrected chi connectivity index (χ4v) is 2.54. The SMILES string of the molecule is Fc1cc2c(cc1OC(F)F)OC1CCCN[C@@H]21. The fourth-order valence-electron chi connectivity index (χ4n) is 2.54. The van der Waals surface area contributed by atoms with Crippen molar-refractivity contribution in [1.29, 1.82) is 0 Å². The number of rotatable bonds is 2. The summed E-state index contributed by atoms with van der Waals surface area (Å²) in [5, 5.41) is 3.24. The molecule has 0 aliphatic carbocycles. The molecular formula is C12H12F3NO2. The van der Waals surface area contributed by atoms with Gasteiger partial charge < -0.3 is 14.8 Å². The van der Waals surface area contributed by atoms with Crippen LogP contribution in [0.5, 0.6) is 11.5 Å². The third-order valence-corrected chi connectivity index (χ3v) is 3.30. The number of nitrogens with one attached hydrogen (secondary N) is 1. The van der Waals surface area contributed by atoms with Gasteiger partial charge in [-0.2, -0.15) is 8.78 Å². The molecule has 3 nitrogen and oxygen atoms in total. The highest BCUT2D eigenvalue weighted by molar-refractivity contribution is 5.47. The summed E-state index contributed by atoms with van der Waals surface area (Å²) in [6.07, 6.45) is 1.81. The maximum atomic E-state index is 13.6.